The molecule has 2 aromatic rings. The first-order valence-electron chi connectivity index (χ1n) is 14.8. The van der Waals surface area contributed by atoms with Crippen LogP contribution in [-0.4, -0.2) is 35.8 Å². The van der Waals surface area contributed by atoms with Gasteiger partial charge in [-0.1, -0.05) is 85.0 Å². The molecule has 7 atom stereocenters. The summed E-state index contributed by atoms with van der Waals surface area (Å²) < 4.78 is 6.61. The molecular formula is C36H33N3O. The molecule has 198 valence electrons. The Balaban J connectivity index is 1.13. The lowest BCUT2D eigenvalue weighted by Gasteiger charge is -2.43. The molecule has 6 unspecified atom stereocenters. The molecule has 3 heterocycles. The van der Waals surface area contributed by atoms with Crippen molar-refractivity contribution in [2.24, 2.45) is 22.7 Å². The molecule has 1 fully saturated rings. The molecule has 2 aliphatic heterocycles. The number of benzene rings is 1. The van der Waals surface area contributed by atoms with Crippen LogP contribution in [0.5, 0.6) is 0 Å². The monoisotopic (exact) mass is 523 g/mol. The minimum absolute atomic E-state index is 0.244. The minimum atomic E-state index is 0.244. The van der Waals surface area contributed by atoms with Gasteiger partial charge in [0, 0.05) is 77.5 Å². The maximum Gasteiger partial charge on any atom is 0.134 e. The number of rotatable bonds is 3. The van der Waals surface area contributed by atoms with E-state index in [1.54, 1.807) is 0 Å². The van der Waals surface area contributed by atoms with E-state index in [4.69, 9.17) is 4.42 Å². The number of nitrogens with zero attached hydrogens (tertiary/aromatic N) is 3. The zero-order valence-corrected chi connectivity index (χ0v) is 22.6. The summed E-state index contributed by atoms with van der Waals surface area (Å²) in [7, 11) is 0. The third kappa shape index (κ3) is 3.64. The fraction of sp³-hybridized carbons (Fsp3) is 0.333. The van der Waals surface area contributed by atoms with Gasteiger partial charge in [0.2, 0.25) is 0 Å². The number of hydrogen-bond donors (Lipinski definition) is 0. The maximum atomic E-state index is 9.65. The highest BCUT2D eigenvalue weighted by Gasteiger charge is 2.53. The number of hydrogen-bond acceptors (Lipinski definition) is 4. The molecule has 0 amide bonds. The highest BCUT2D eigenvalue weighted by Crippen LogP contribution is 2.53. The third-order valence-corrected chi connectivity index (χ3v) is 9.93. The lowest BCUT2D eigenvalue weighted by molar-refractivity contribution is 0.129. The normalized spacial score (nSPS) is 34.1. The second-order valence-electron chi connectivity index (χ2n) is 11.9. The van der Waals surface area contributed by atoms with E-state index >= 15 is 0 Å². The quantitative estimate of drug-likeness (QED) is 0.392. The van der Waals surface area contributed by atoms with E-state index in [0.717, 1.165) is 54.7 Å². The van der Waals surface area contributed by atoms with Crippen molar-refractivity contribution in [3.05, 3.63) is 113 Å². The molecule has 8 rings (SSSR count). The van der Waals surface area contributed by atoms with Crippen molar-refractivity contribution in [3.63, 3.8) is 0 Å². The van der Waals surface area contributed by atoms with Gasteiger partial charge in [-0.2, -0.15) is 5.26 Å². The van der Waals surface area contributed by atoms with Crippen LogP contribution in [0.2, 0.25) is 0 Å². The van der Waals surface area contributed by atoms with E-state index in [2.05, 4.69) is 107 Å². The van der Waals surface area contributed by atoms with Crippen molar-refractivity contribution in [1.29, 1.82) is 5.26 Å². The molecule has 1 aromatic carbocycles. The molecule has 6 aliphatic rings. The molecular weight excluding hydrogens is 490 g/mol. The number of para-hydroxylation sites is 1. The van der Waals surface area contributed by atoms with Crippen molar-refractivity contribution in [3.8, 4) is 6.07 Å². The number of furan rings is 1. The number of fused-ring (bicyclic) bond motifs is 7. The Bertz CT molecular complexity index is 1650. The molecule has 0 radical (unpaired) electrons. The van der Waals surface area contributed by atoms with Crippen LogP contribution in [0.3, 0.4) is 0 Å². The van der Waals surface area contributed by atoms with E-state index < -0.39 is 0 Å². The summed E-state index contributed by atoms with van der Waals surface area (Å²) in [4.78, 5) is 7.30. The molecule has 4 nitrogen and oxygen atoms in total. The largest absolute Gasteiger partial charge is 0.460 e. The summed E-state index contributed by atoms with van der Waals surface area (Å²) in [5.41, 5.74) is 5.67. The summed E-state index contributed by atoms with van der Waals surface area (Å²) in [6.07, 6.45) is 31.9. The number of likely N-dealkylation sites (tertiary alicyclic amines) is 1. The summed E-state index contributed by atoms with van der Waals surface area (Å²) >= 11 is 0. The Morgan fingerprint density at radius 1 is 1.00 bits per heavy atom. The standard InChI is InChI=1S/C36H33N3O/c37-21-25-19-20-38-22-30(25)24-15-13-23(14-16-24)26-7-1-4-10-31(26)39-32-11-5-2-9-29(32)35-33(39)18-17-28-27-8-3-6-12-34(27)40-36(28)35/h1-3,5-9,11-15,17-18,22,24,26,29,31-33,35H,4,10,16,19-20H2/t24?,26?,29-,31?,32?,33?,35?/m1/s1. The Kier molecular flexibility index (Phi) is 5.74. The average molecular weight is 524 g/mol. The van der Waals surface area contributed by atoms with Gasteiger partial charge < -0.3 is 4.42 Å². The Morgan fingerprint density at radius 2 is 1.93 bits per heavy atom. The lowest BCUT2D eigenvalue weighted by atomic mass is 9.78. The van der Waals surface area contributed by atoms with Gasteiger partial charge >= 0.3 is 0 Å². The van der Waals surface area contributed by atoms with E-state index in [1.807, 2.05) is 6.21 Å². The Morgan fingerprint density at radius 3 is 2.83 bits per heavy atom. The third-order valence-electron chi connectivity index (χ3n) is 9.93. The molecule has 0 bridgehead atoms. The van der Waals surface area contributed by atoms with E-state index in [-0.39, 0.29) is 5.92 Å². The minimum Gasteiger partial charge on any atom is -0.460 e. The van der Waals surface area contributed by atoms with Gasteiger partial charge in [0.25, 0.3) is 0 Å². The molecule has 0 N–H and O–H groups in total. The van der Waals surface area contributed by atoms with Crippen LogP contribution >= 0.6 is 0 Å². The fourth-order valence-electron chi connectivity index (χ4n) is 8.15. The second-order valence-corrected chi connectivity index (χ2v) is 11.9. The highest BCUT2D eigenvalue weighted by molar-refractivity contribution is 5.89. The van der Waals surface area contributed by atoms with Crippen LogP contribution in [0.4, 0.5) is 0 Å². The first-order chi connectivity index (χ1) is 19.8. The smallest absolute Gasteiger partial charge is 0.134 e. The molecule has 0 spiro atoms. The van der Waals surface area contributed by atoms with E-state index in [9.17, 15) is 5.26 Å². The van der Waals surface area contributed by atoms with Gasteiger partial charge in [0.15, 0.2) is 0 Å². The van der Waals surface area contributed by atoms with Crippen molar-refractivity contribution in [2.75, 3.05) is 6.54 Å². The van der Waals surface area contributed by atoms with Crippen molar-refractivity contribution in [2.45, 2.75) is 49.7 Å². The second kappa shape index (κ2) is 9.61. The average Bonchev–Trinajstić information content (AvgIpc) is 3.57. The van der Waals surface area contributed by atoms with Crippen LogP contribution in [0.15, 0.2) is 111 Å². The number of nitriles is 1. The molecule has 40 heavy (non-hydrogen) atoms. The Hall–Kier alpha value is -3.94. The van der Waals surface area contributed by atoms with Crippen LogP contribution in [-0.2, 0) is 0 Å². The summed E-state index contributed by atoms with van der Waals surface area (Å²) in [6, 6.07) is 12.0. The predicted octanol–water partition coefficient (Wildman–Crippen LogP) is 7.47. The van der Waals surface area contributed by atoms with Gasteiger partial charge in [0.05, 0.1) is 6.07 Å². The van der Waals surface area contributed by atoms with Crippen molar-refractivity contribution < 1.29 is 4.42 Å². The number of allylic oxidation sites excluding steroid dienone is 7. The maximum absolute atomic E-state index is 9.65. The SMILES string of the molecule is N#CC1=C(C2C=CC(C3C=CCCC3N3C4C=Cc5c(oc6ccccc56)C4[C@@H]4C=CC=CC43)=CC2)C=NCC1. The molecule has 1 saturated heterocycles. The first kappa shape index (κ1) is 23.9. The highest BCUT2D eigenvalue weighted by atomic mass is 16.3. The number of dihydropyridines is 1. The van der Waals surface area contributed by atoms with Crippen molar-refractivity contribution >= 4 is 23.3 Å². The molecule has 4 aliphatic carbocycles. The lowest BCUT2D eigenvalue weighted by Crippen LogP contribution is -2.49. The molecule has 1 aromatic heterocycles. The topological polar surface area (TPSA) is 52.5 Å². The van der Waals surface area contributed by atoms with Gasteiger partial charge in [0.1, 0.15) is 11.3 Å². The molecule has 0 saturated carbocycles. The van der Waals surface area contributed by atoms with Crippen LogP contribution in [0, 0.1) is 29.1 Å². The van der Waals surface area contributed by atoms with Gasteiger partial charge in [-0.3, -0.25) is 9.89 Å². The summed E-state index contributed by atoms with van der Waals surface area (Å²) in [5.74, 6) is 2.46. The van der Waals surface area contributed by atoms with Gasteiger partial charge in [-0.05, 0) is 36.5 Å². The van der Waals surface area contributed by atoms with E-state index in [0.29, 0.717) is 35.9 Å². The first-order valence-corrected chi connectivity index (χ1v) is 14.8. The fourth-order valence-corrected chi connectivity index (χ4v) is 8.15. The molecule has 4 heteroatoms. The Labute approximate surface area is 235 Å². The van der Waals surface area contributed by atoms with Gasteiger partial charge in [-0.15, -0.1) is 0 Å². The predicted molar refractivity (Wildman–Crippen MR) is 161 cm³/mol. The zero-order valence-electron chi connectivity index (χ0n) is 22.6. The number of aliphatic imine (C=N–C) groups is 1. The van der Waals surface area contributed by atoms with Crippen LogP contribution in [0.25, 0.3) is 17.0 Å². The van der Waals surface area contributed by atoms with Crippen LogP contribution in [0.1, 0.15) is 42.9 Å². The van der Waals surface area contributed by atoms with Crippen LogP contribution < -0.4 is 0 Å². The summed E-state index contributed by atoms with van der Waals surface area (Å²) in [6.45, 7) is 0.728. The van der Waals surface area contributed by atoms with Gasteiger partial charge in [-0.25, -0.2) is 0 Å². The van der Waals surface area contributed by atoms with Crippen molar-refractivity contribution in [1.82, 2.24) is 4.90 Å². The summed E-state index contributed by atoms with van der Waals surface area (Å²) in [5, 5.41) is 10.9. The van der Waals surface area contributed by atoms with E-state index in [1.165, 1.54) is 16.5 Å². The zero-order chi connectivity index (χ0) is 26.6.